The van der Waals surface area contributed by atoms with Crippen LogP contribution < -0.4 is 0 Å². The van der Waals surface area contributed by atoms with E-state index in [4.69, 9.17) is 4.99 Å². The van der Waals surface area contributed by atoms with E-state index < -0.39 is 17.7 Å². The average Bonchev–Trinajstić information content (AvgIpc) is 2.80. The summed E-state index contributed by atoms with van der Waals surface area (Å²) in [7, 11) is 0. The lowest BCUT2D eigenvalue weighted by atomic mass is 10.00. The Hall–Kier alpha value is -3.85. The van der Waals surface area contributed by atoms with Gasteiger partial charge in [-0.2, -0.15) is 0 Å². The normalized spacial score (nSPS) is 11.9. The zero-order valence-electron chi connectivity index (χ0n) is 16.8. The van der Waals surface area contributed by atoms with Crippen LogP contribution in [0, 0.1) is 11.6 Å². The third kappa shape index (κ3) is 5.40. The first-order chi connectivity index (χ1) is 15.2. The van der Waals surface area contributed by atoms with E-state index in [1.165, 1.54) is 12.1 Å². The minimum Gasteiger partial charge on any atom is -0.272 e. The van der Waals surface area contributed by atoms with Crippen LogP contribution in [0.15, 0.2) is 120 Å². The van der Waals surface area contributed by atoms with Gasteiger partial charge in [0.15, 0.2) is 0 Å². The van der Waals surface area contributed by atoms with Gasteiger partial charge in [0.25, 0.3) is 0 Å². The molecule has 4 rings (SSSR count). The molecule has 1 atom stereocenters. The highest BCUT2D eigenvalue weighted by atomic mass is 19.1. The van der Waals surface area contributed by atoms with Gasteiger partial charge in [-0.25, -0.2) is 8.78 Å². The topological polar surface area (TPSA) is 12.4 Å². The molecule has 4 aromatic carbocycles. The van der Waals surface area contributed by atoms with Gasteiger partial charge in [0.2, 0.25) is 0 Å². The Balaban J connectivity index is 1.85. The number of hydrogen-bond acceptors (Lipinski definition) is 1. The van der Waals surface area contributed by atoms with Crippen molar-refractivity contribution >= 4 is 11.8 Å². The van der Waals surface area contributed by atoms with Gasteiger partial charge in [-0.15, -0.1) is 0 Å². The highest BCUT2D eigenvalue weighted by Gasteiger charge is 2.14. The van der Waals surface area contributed by atoms with E-state index in [2.05, 4.69) is 0 Å². The molecule has 0 heterocycles. The number of nitrogens with zero attached hydrogens (tertiary/aromatic N) is 1. The molecule has 0 N–H and O–H groups in total. The summed E-state index contributed by atoms with van der Waals surface area (Å²) in [5, 5.41) is 0. The largest absolute Gasteiger partial charge is 0.272 e. The fourth-order valence-corrected chi connectivity index (χ4v) is 3.39. The van der Waals surface area contributed by atoms with Crippen LogP contribution in [0.25, 0.3) is 6.08 Å². The van der Waals surface area contributed by atoms with Crippen LogP contribution in [0.3, 0.4) is 0 Å². The number of rotatable bonds is 6. The van der Waals surface area contributed by atoms with Crippen molar-refractivity contribution in [2.24, 2.45) is 4.99 Å². The molecule has 0 fully saturated rings. The minimum atomic E-state index is -0.621. The summed E-state index contributed by atoms with van der Waals surface area (Å²) in [4.78, 5) is 4.98. The van der Waals surface area contributed by atoms with Crippen LogP contribution >= 0.6 is 0 Å². The van der Waals surface area contributed by atoms with Gasteiger partial charge < -0.3 is 0 Å². The second kappa shape index (κ2) is 9.77. The predicted octanol–water partition coefficient (Wildman–Crippen LogP) is 7.26. The van der Waals surface area contributed by atoms with Crippen molar-refractivity contribution in [3.63, 3.8) is 0 Å². The summed E-state index contributed by atoms with van der Waals surface area (Å²) in [6.45, 7) is 0. The van der Waals surface area contributed by atoms with E-state index >= 15 is 0 Å². The Morgan fingerprint density at radius 3 is 1.65 bits per heavy atom. The van der Waals surface area contributed by atoms with E-state index in [1.54, 1.807) is 0 Å². The molecule has 1 unspecified atom stereocenters. The van der Waals surface area contributed by atoms with Gasteiger partial charge in [-0.3, -0.25) is 4.99 Å². The van der Waals surface area contributed by atoms with Crippen LogP contribution in [-0.2, 0) is 0 Å². The molecule has 31 heavy (non-hydrogen) atoms. The SMILES string of the molecule is Fc1cc(F)cc(C(/C=C/c2ccccc2)N=C(c2ccccc2)c2ccccc2)c1. The molecule has 0 aromatic heterocycles. The highest BCUT2D eigenvalue weighted by Crippen LogP contribution is 2.25. The first-order valence-corrected chi connectivity index (χ1v) is 10.1. The quantitative estimate of drug-likeness (QED) is 0.297. The zero-order valence-corrected chi connectivity index (χ0v) is 16.8. The molecule has 0 aliphatic carbocycles. The third-order valence-electron chi connectivity index (χ3n) is 4.86. The molecule has 0 aliphatic rings. The van der Waals surface area contributed by atoms with Crippen LogP contribution in [0.1, 0.15) is 28.3 Å². The second-order valence-corrected chi connectivity index (χ2v) is 7.13. The molecule has 1 nitrogen and oxygen atoms in total. The number of hydrogen-bond donors (Lipinski definition) is 0. The molecular weight excluding hydrogens is 388 g/mol. The summed E-state index contributed by atoms with van der Waals surface area (Å²) in [6.07, 6.45) is 3.79. The Kier molecular flexibility index (Phi) is 6.44. The summed E-state index contributed by atoms with van der Waals surface area (Å²) < 4.78 is 28.0. The maximum atomic E-state index is 14.0. The molecular formula is C28H21F2N. The van der Waals surface area contributed by atoms with Gasteiger partial charge in [-0.1, -0.05) is 103 Å². The van der Waals surface area contributed by atoms with Gasteiger partial charge in [0, 0.05) is 17.2 Å². The van der Waals surface area contributed by atoms with E-state index in [0.717, 1.165) is 28.5 Å². The minimum absolute atomic E-state index is 0.453. The molecule has 0 amide bonds. The number of aliphatic imine (C=N–C) groups is 1. The molecule has 0 aliphatic heterocycles. The van der Waals surface area contributed by atoms with E-state index in [0.29, 0.717) is 5.56 Å². The molecule has 0 saturated carbocycles. The molecule has 0 bridgehead atoms. The maximum absolute atomic E-state index is 14.0. The molecule has 0 radical (unpaired) electrons. The fraction of sp³-hybridized carbons (Fsp3) is 0.0357. The number of benzene rings is 4. The summed E-state index contributed by atoms with van der Waals surface area (Å²) in [5.41, 5.74) is 4.07. The molecule has 4 aromatic rings. The van der Waals surface area contributed by atoms with Gasteiger partial charge >= 0.3 is 0 Å². The molecule has 152 valence electrons. The predicted molar refractivity (Wildman–Crippen MR) is 123 cm³/mol. The van der Waals surface area contributed by atoms with Crippen molar-refractivity contribution in [1.29, 1.82) is 0 Å². The Labute approximate surface area is 181 Å². The van der Waals surface area contributed by atoms with Crippen LogP contribution in [0.5, 0.6) is 0 Å². The number of halogens is 2. The van der Waals surface area contributed by atoms with Gasteiger partial charge in [-0.05, 0) is 23.3 Å². The van der Waals surface area contributed by atoms with E-state index in [1.807, 2.05) is 103 Å². The van der Waals surface area contributed by atoms with Crippen LogP contribution in [0.2, 0.25) is 0 Å². The van der Waals surface area contributed by atoms with Crippen molar-refractivity contribution in [3.8, 4) is 0 Å². The van der Waals surface area contributed by atoms with Crippen LogP contribution in [-0.4, -0.2) is 5.71 Å². The van der Waals surface area contributed by atoms with Crippen molar-refractivity contribution in [1.82, 2.24) is 0 Å². The Morgan fingerprint density at radius 2 is 1.13 bits per heavy atom. The molecule has 3 heteroatoms. The zero-order chi connectivity index (χ0) is 21.5. The van der Waals surface area contributed by atoms with E-state index in [-0.39, 0.29) is 0 Å². The van der Waals surface area contributed by atoms with Crippen molar-refractivity contribution in [3.05, 3.63) is 149 Å². The highest BCUT2D eigenvalue weighted by molar-refractivity contribution is 6.13. The third-order valence-corrected chi connectivity index (χ3v) is 4.86. The van der Waals surface area contributed by atoms with Gasteiger partial charge in [0.05, 0.1) is 11.8 Å². The van der Waals surface area contributed by atoms with Crippen molar-refractivity contribution in [2.75, 3.05) is 0 Å². The summed E-state index contributed by atoms with van der Waals surface area (Å²) >= 11 is 0. The lowest BCUT2D eigenvalue weighted by Gasteiger charge is -2.14. The van der Waals surface area contributed by atoms with Crippen molar-refractivity contribution in [2.45, 2.75) is 6.04 Å². The smallest absolute Gasteiger partial charge is 0.126 e. The van der Waals surface area contributed by atoms with Crippen molar-refractivity contribution < 1.29 is 8.78 Å². The summed E-state index contributed by atoms with van der Waals surface area (Å²) in [6, 6.07) is 32.4. The van der Waals surface area contributed by atoms with Gasteiger partial charge in [0.1, 0.15) is 11.6 Å². The second-order valence-electron chi connectivity index (χ2n) is 7.13. The summed E-state index contributed by atoms with van der Waals surface area (Å²) in [5.74, 6) is -1.24. The first-order valence-electron chi connectivity index (χ1n) is 10.1. The lowest BCUT2D eigenvalue weighted by molar-refractivity contribution is 0.578. The lowest BCUT2D eigenvalue weighted by Crippen LogP contribution is -2.06. The monoisotopic (exact) mass is 409 g/mol. The Bertz CT molecular complexity index is 1120. The Morgan fingerprint density at radius 1 is 0.645 bits per heavy atom. The molecule has 0 spiro atoms. The maximum Gasteiger partial charge on any atom is 0.126 e. The molecule has 0 saturated heterocycles. The van der Waals surface area contributed by atoms with E-state index in [9.17, 15) is 8.78 Å². The average molecular weight is 409 g/mol. The first kappa shape index (κ1) is 20.4. The fourth-order valence-electron chi connectivity index (χ4n) is 3.39. The van der Waals surface area contributed by atoms with Crippen LogP contribution in [0.4, 0.5) is 8.78 Å². The standard InChI is InChI=1S/C28H21F2N/c29-25-18-24(19-26(30)20-25)27(17-16-21-10-4-1-5-11-21)31-28(22-12-6-2-7-13-22)23-14-8-3-9-15-23/h1-20,27H/b17-16+.